The van der Waals surface area contributed by atoms with Gasteiger partial charge in [-0.2, -0.15) is 0 Å². The predicted molar refractivity (Wildman–Crippen MR) is 61.8 cm³/mol. The van der Waals surface area contributed by atoms with Crippen LogP contribution in [-0.2, 0) is 4.79 Å². The number of ketones is 1. The predicted octanol–water partition coefficient (Wildman–Crippen LogP) is 2.40. The molecule has 0 radical (unpaired) electrons. The molecule has 0 N–H and O–H groups in total. The maximum Gasteiger partial charge on any atom is 0.137 e. The first-order chi connectivity index (χ1) is 7.33. The van der Waals surface area contributed by atoms with Crippen molar-refractivity contribution in [3.63, 3.8) is 0 Å². The van der Waals surface area contributed by atoms with Gasteiger partial charge in [0, 0.05) is 24.9 Å². The van der Waals surface area contributed by atoms with Crippen molar-refractivity contribution in [2.24, 2.45) is 5.92 Å². The van der Waals surface area contributed by atoms with Crippen molar-refractivity contribution in [3.8, 4) is 0 Å². The van der Waals surface area contributed by atoms with Gasteiger partial charge in [-0.05, 0) is 39.2 Å². The monoisotopic (exact) mass is 207 g/mol. The lowest BCUT2D eigenvalue weighted by molar-refractivity contribution is -0.122. The molecule has 2 fully saturated rings. The molecule has 0 amide bonds. The van der Waals surface area contributed by atoms with Crippen molar-refractivity contribution in [1.29, 1.82) is 0 Å². The van der Waals surface area contributed by atoms with Crippen LogP contribution in [0.15, 0.2) is 12.2 Å². The van der Waals surface area contributed by atoms with Crippen molar-refractivity contribution in [1.82, 2.24) is 4.90 Å². The molecule has 1 aliphatic heterocycles. The first-order valence-corrected chi connectivity index (χ1v) is 6.21. The Kier molecular flexibility index (Phi) is 3.57. The second-order valence-electron chi connectivity index (χ2n) is 4.74. The first kappa shape index (κ1) is 10.9. The quantitative estimate of drug-likeness (QED) is 0.662. The largest absolute Gasteiger partial charge is 0.299 e. The molecular formula is C13H21NO. The summed E-state index contributed by atoms with van der Waals surface area (Å²) in [7, 11) is 0. The number of carbonyl (C=O) groups is 1. The van der Waals surface area contributed by atoms with Crippen LogP contribution in [0.25, 0.3) is 0 Å². The fraction of sp³-hybridized carbons (Fsp3) is 0.769. The molecule has 1 heterocycles. The van der Waals surface area contributed by atoms with Crippen LogP contribution < -0.4 is 0 Å². The minimum atomic E-state index is 0.359. The van der Waals surface area contributed by atoms with Crippen molar-refractivity contribution in [2.45, 2.75) is 45.1 Å². The number of likely N-dealkylation sites (tertiary alicyclic amines) is 1. The minimum Gasteiger partial charge on any atom is -0.299 e. The third-order valence-electron chi connectivity index (χ3n) is 3.81. The summed E-state index contributed by atoms with van der Waals surface area (Å²) in [6, 6.07) is 0.552. The van der Waals surface area contributed by atoms with E-state index in [2.05, 4.69) is 24.0 Å². The van der Waals surface area contributed by atoms with E-state index in [4.69, 9.17) is 0 Å². The van der Waals surface area contributed by atoms with Gasteiger partial charge in [0.2, 0.25) is 0 Å². The third-order valence-corrected chi connectivity index (χ3v) is 3.81. The number of carbonyl (C=O) groups excluding carboxylic acids is 1. The van der Waals surface area contributed by atoms with Crippen LogP contribution in [0.4, 0.5) is 0 Å². The molecule has 2 atom stereocenters. The number of allylic oxidation sites excluding steroid dienone is 1. The van der Waals surface area contributed by atoms with E-state index in [1.807, 2.05) is 0 Å². The summed E-state index contributed by atoms with van der Waals surface area (Å²) in [6.45, 7) is 4.27. The Morgan fingerprint density at radius 2 is 2.27 bits per heavy atom. The molecule has 15 heavy (non-hydrogen) atoms. The molecule has 1 saturated carbocycles. The normalized spacial score (nSPS) is 33.3. The second kappa shape index (κ2) is 4.93. The Morgan fingerprint density at radius 3 is 2.93 bits per heavy atom. The average molecular weight is 207 g/mol. The van der Waals surface area contributed by atoms with E-state index in [0.717, 1.165) is 25.8 Å². The molecule has 1 aliphatic carbocycles. The molecule has 0 spiro atoms. The molecule has 2 unspecified atom stereocenters. The fourth-order valence-electron chi connectivity index (χ4n) is 3.02. The molecule has 1 saturated heterocycles. The third kappa shape index (κ3) is 2.31. The highest BCUT2D eigenvalue weighted by atomic mass is 16.1. The topological polar surface area (TPSA) is 20.3 Å². The zero-order chi connectivity index (χ0) is 10.7. The van der Waals surface area contributed by atoms with E-state index in [-0.39, 0.29) is 0 Å². The Bertz CT molecular complexity index is 259. The number of Topliss-reactive ketones (excluding diaryl/α,β-unsaturated/α-hetero) is 1. The van der Waals surface area contributed by atoms with Crippen LogP contribution in [-0.4, -0.2) is 29.8 Å². The Morgan fingerprint density at radius 1 is 1.40 bits per heavy atom. The molecule has 2 nitrogen and oxygen atoms in total. The summed E-state index contributed by atoms with van der Waals surface area (Å²) in [5, 5.41) is 0. The zero-order valence-electron chi connectivity index (χ0n) is 9.61. The van der Waals surface area contributed by atoms with Gasteiger partial charge in [0.25, 0.3) is 0 Å². The smallest absolute Gasteiger partial charge is 0.137 e. The molecule has 2 heteroatoms. The summed E-state index contributed by atoms with van der Waals surface area (Å²) in [4.78, 5) is 14.2. The lowest BCUT2D eigenvalue weighted by Gasteiger charge is -2.27. The summed E-state index contributed by atoms with van der Waals surface area (Å²) in [5.74, 6) is 0.880. The van der Waals surface area contributed by atoms with Gasteiger partial charge in [-0.1, -0.05) is 12.2 Å². The van der Waals surface area contributed by atoms with Crippen LogP contribution >= 0.6 is 0 Å². The van der Waals surface area contributed by atoms with Gasteiger partial charge in [0.1, 0.15) is 5.78 Å². The molecule has 2 rings (SSSR count). The molecule has 0 bridgehead atoms. The minimum absolute atomic E-state index is 0.359. The van der Waals surface area contributed by atoms with Crippen LogP contribution in [0.5, 0.6) is 0 Å². The molecule has 0 aromatic rings. The lowest BCUT2D eigenvalue weighted by atomic mass is 9.95. The fourth-order valence-corrected chi connectivity index (χ4v) is 3.02. The Hall–Kier alpha value is -0.630. The van der Waals surface area contributed by atoms with Gasteiger partial charge in [0.15, 0.2) is 0 Å². The van der Waals surface area contributed by atoms with Crippen molar-refractivity contribution in [3.05, 3.63) is 12.2 Å². The van der Waals surface area contributed by atoms with E-state index in [0.29, 0.717) is 17.7 Å². The first-order valence-electron chi connectivity index (χ1n) is 6.21. The maximum absolute atomic E-state index is 11.7. The highest BCUT2D eigenvalue weighted by Gasteiger charge is 2.37. The number of rotatable bonds is 3. The second-order valence-corrected chi connectivity index (χ2v) is 4.74. The standard InChI is InChI=1S/C13H21NO/c1-2-3-9-14-10-5-7-12(14)11-6-4-8-13(11)15/h2-3,11-12H,4-10H2,1H3/b3-2+. The van der Waals surface area contributed by atoms with Gasteiger partial charge in [0.05, 0.1) is 0 Å². The summed E-state index contributed by atoms with van der Waals surface area (Å²) in [5.41, 5.74) is 0. The van der Waals surface area contributed by atoms with E-state index in [1.165, 1.54) is 19.4 Å². The van der Waals surface area contributed by atoms with E-state index in [1.54, 1.807) is 0 Å². The SMILES string of the molecule is C/C=C/CN1CCCC1C1CCCC1=O. The molecule has 2 aliphatic rings. The number of hydrogen-bond acceptors (Lipinski definition) is 2. The van der Waals surface area contributed by atoms with Crippen LogP contribution in [0.2, 0.25) is 0 Å². The van der Waals surface area contributed by atoms with Crippen LogP contribution in [0.1, 0.15) is 39.0 Å². The summed E-state index contributed by atoms with van der Waals surface area (Å²) < 4.78 is 0. The van der Waals surface area contributed by atoms with Gasteiger partial charge in [-0.3, -0.25) is 9.69 Å². The Balaban J connectivity index is 1.97. The zero-order valence-corrected chi connectivity index (χ0v) is 9.61. The van der Waals surface area contributed by atoms with Gasteiger partial charge < -0.3 is 0 Å². The summed E-state index contributed by atoms with van der Waals surface area (Å²) >= 11 is 0. The maximum atomic E-state index is 11.7. The molecule has 0 aromatic heterocycles. The van der Waals surface area contributed by atoms with Crippen molar-refractivity contribution >= 4 is 5.78 Å². The van der Waals surface area contributed by atoms with Gasteiger partial charge in [-0.15, -0.1) is 0 Å². The van der Waals surface area contributed by atoms with Gasteiger partial charge >= 0.3 is 0 Å². The van der Waals surface area contributed by atoms with E-state index < -0.39 is 0 Å². The molecular weight excluding hydrogens is 186 g/mol. The lowest BCUT2D eigenvalue weighted by Crippen LogP contribution is -2.37. The van der Waals surface area contributed by atoms with Crippen molar-refractivity contribution in [2.75, 3.05) is 13.1 Å². The van der Waals surface area contributed by atoms with Crippen LogP contribution in [0.3, 0.4) is 0 Å². The van der Waals surface area contributed by atoms with Gasteiger partial charge in [-0.25, -0.2) is 0 Å². The summed E-state index contributed by atoms with van der Waals surface area (Å²) in [6.07, 6.45) is 9.90. The molecule has 0 aromatic carbocycles. The highest BCUT2D eigenvalue weighted by Crippen LogP contribution is 2.32. The van der Waals surface area contributed by atoms with E-state index in [9.17, 15) is 4.79 Å². The number of nitrogens with zero attached hydrogens (tertiary/aromatic N) is 1. The molecule has 84 valence electrons. The van der Waals surface area contributed by atoms with E-state index >= 15 is 0 Å². The van der Waals surface area contributed by atoms with Crippen LogP contribution in [0, 0.1) is 5.92 Å². The Labute approximate surface area is 92.3 Å². The highest BCUT2D eigenvalue weighted by molar-refractivity contribution is 5.83. The number of hydrogen-bond donors (Lipinski definition) is 0. The average Bonchev–Trinajstić information content (AvgIpc) is 2.82. The van der Waals surface area contributed by atoms with Crippen molar-refractivity contribution < 1.29 is 4.79 Å².